The van der Waals surface area contributed by atoms with Gasteiger partial charge in [-0.05, 0) is 24.7 Å². The molecule has 0 aliphatic rings. The summed E-state index contributed by atoms with van der Waals surface area (Å²) in [5, 5.41) is 9.35. The van der Waals surface area contributed by atoms with Crippen LogP contribution in [0.25, 0.3) is 0 Å². The van der Waals surface area contributed by atoms with Crippen LogP contribution in [0, 0.1) is 10.8 Å². The van der Waals surface area contributed by atoms with E-state index in [-0.39, 0.29) is 10.8 Å². The molecule has 0 spiro atoms. The summed E-state index contributed by atoms with van der Waals surface area (Å²) in [6.45, 7) is 18.4. The predicted molar refractivity (Wildman–Crippen MR) is 77.9 cm³/mol. The molecule has 0 aliphatic heterocycles. The molecule has 0 rings (SSSR count). The Morgan fingerprint density at radius 2 is 1.22 bits per heavy atom. The molecule has 0 aromatic carbocycles. The Hall–Kier alpha value is -0.120. The van der Waals surface area contributed by atoms with Crippen LogP contribution in [-0.2, 0) is 9.47 Å². The van der Waals surface area contributed by atoms with Crippen LogP contribution in [0.5, 0.6) is 0 Å². The highest BCUT2D eigenvalue weighted by Gasteiger charge is 2.29. The van der Waals surface area contributed by atoms with E-state index in [1.807, 2.05) is 34.6 Å². The van der Waals surface area contributed by atoms with Crippen LogP contribution in [0.4, 0.5) is 0 Å². The Morgan fingerprint density at radius 1 is 0.833 bits per heavy atom. The van der Waals surface area contributed by atoms with Crippen molar-refractivity contribution in [1.82, 2.24) is 0 Å². The van der Waals surface area contributed by atoms with Crippen LogP contribution >= 0.6 is 0 Å². The van der Waals surface area contributed by atoms with Gasteiger partial charge in [0.1, 0.15) is 0 Å². The van der Waals surface area contributed by atoms with Gasteiger partial charge in [-0.25, -0.2) is 0 Å². The molecule has 0 heterocycles. The van der Waals surface area contributed by atoms with E-state index >= 15 is 0 Å². The standard InChI is InChI=1S/C8H18O2.C7H16O/c1-8(2,3)7-10-6-5-9-4;1-6(2,3)7(4,5)8/h5-7H2,1-4H3;8H,1-5H3. The molecule has 0 unspecified atom stereocenters. The lowest BCUT2D eigenvalue weighted by Crippen LogP contribution is -2.35. The van der Waals surface area contributed by atoms with Gasteiger partial charge >= 0.3 is 0 Å². The topological polar surface area (TPSA) is 38.7 Å². The van der Waals surface area contributed by atoms with E-state index in [1.54, 1.807) is 7.11 Å². The molecule has 0 aromatic rings. The van der Waals surface area contributed by atoms with E-state index in [0.717, 1.165) is 6.61 Å². The summed E-state index contributed by atoms with van der Waals surface area (Å²) < 4.78 is 10.1. The van der Waals surface area contributed by atoms with Gasteiger partial charge in [-0.3, -0.25) is 0 Å². The minimum atomic E-state index is -0.562. The zero-order valence-corrected chi connectivity index (χ0v) is 13.9. The molecule has 112 valence electrons. The van der Waals surface area contributed by atoms with Crippen LogP contribution in [0.2, 0.25) is 0 Å². The van der Waals surface area contributed by atoms with Gasteiger partial charge < -0.3 is 14.6 Å². The first-order valence-corrected chi connectivity index (χ1v) is 6.60. The first-order chi connectivity index (χ1) is 7.81. The van der Waals surface area contributed by atoms with E-state index < -0.39 is 5.60 Å². The van der Waals surface area contributed by atoms with Gasteiger partial charge in [0, 0.05) is 7.11 Å². The molecule has 18 heavy (non-hydrogen) atoms. The first-order valence-electron chi connectivity index (χ1n) is 6.60. The fourth-order valence-corrected chi connectivity index (χ4v) is 0.521. The maximum Gasteiger partial charge on any atom is 0.0700 e. The molecule has 0 aromatic heterocycles. The highest BCUT2D eigenvalue weighted by atomic mass is 16.5. The summed E-state index contributed by atoms with van der Waals surface area (Å²) in [5.41, 5.74) is -0.298. The second-order valence-corrected chi connectivity index (χ2v) is 7.42. The fraction of sp³-hybridized carbons (Fsp3) is 1.00. The third kappa shape index (κ3) is 13.9. The van der Waals surface area contributed by atoms with Crippen molar-refractivity contribution in [2.45, 2.75) is 61.0 Å². The molecular weight excluding hydrogens is 228 g/mol. The molecule has 0 bridgehead atoms. The average Bonchev–Trinajstić information content (AvgIpc) is 2.08. The van der Waals surface area contributed by atoms with Crippen LogP contribution in [0.1, 0.15) is 55.4 Å². The first kappa shape index (κ1) is 20.2. The normalized spacial score (nSPS) is 13.0. The smallest absolute Gasteiger partial charge is 0.0700 e. The Bertz CT molecular complexity index is 179. The molecule has 3 heteroatoms. The Kier molecular flexibility index (Phi) is 9.13. The van der Waals surface area contributed by atoms with Gasteiger partial charge in [-0.2, -0.15) is 0 Å². The molecule has 0 saturated carbocycles. The average molecular weight is 262 g/mol. The monoisotopic (exact) mass is 262 g/mol. The Labute approximate surface area is 114 Å². The molecule has 0 aliphatic carbocycles. The van der Waals surface area contributed by atoms with Gasteiger partial charge in [0.05, 0.1) is 25.4 Å². The van der Waals surface area contributed by atoms with Crippen molar-refractivity contribution in [1.29, 1.82) is 0 Å². The summed E-state index contributed by atoms with van der Waals surface area (Å²) in [6.07, 6.45) is 0. The van der Waals surface area contributed by atoms with Crippen LogP contribution < -0.4 is 0 Å². The number of methoxy groups -OCH3 is 1. The lowest BCUT2D eigenvalue weighted by Gasteiger charge is -2.33. The second-order valence-electron chi connectivity index (χ2n) is 7.42. The summed E-state index contributed by atoms with van der Waals surface area (Å²) in [6, 6.07) is 0. The zero-order chi connectivity index (χ0) is 15.0. The molecule has 0 amide bonds. The van der Waals surface area contributed by atoms with E-state index in [0.29, 0.717) is 13.2 Å². The van der Waals surface area contributed by atoms with Gasteiger partial charge in [0.25, 0.3) is 0 Å². The van der Waals surface area contributed by atoms with Crippen LogP contribution in [0.3, 0.4) is 0 Å². The maximum absolute atomic E-state index is 9.35. The zero-order valence-electron chi connectivity index (χ0n) is 13.9. The Balaban J connectivity index is 0. The minimum absolute atomic E-state index is 0.00694. The number of aliphatic hydroxyl groups is 1. The van der Waals surface area contributed by atoms with E-state index in [9.17, 15) is 5.11 Å². The predicted octanol–water partition coefficient (Wildman–Crippen LogP) is 3.50. The second kappa shape index (κ2) is 8.13. The van der Waals surface area contributed by atoms with E-state index in [2.05, 4.69) is 20.8 Å². The van der Waals surface area contributed by atoms with Gasteiger partial charge in [-0.1, -0.05) is 41.5 Å². The third-order valence-corrected chi connectivity index (χ3v) is 2.80. The lowest BCUT2D eigenvalue weighted by molar-refractivity contribution is -0.0238. The summed E-state index contributed by atoms with van der Waals surface area (Å²) >= 11 is 0. The summed E-state index contributed by atoms with van der Waals surface area (Å²) in [4.78, 5) is 0. The fourth-order valence-electron chi connectivity index (χ4n) is 0.521. The molecule has 1 N–H and O–H groups in total. The van der Waals surface area contributed by atoms with Crippen molar-refractivity contribution < 1.29 is 14.6 Å². The third-order valence-electron chi connectivity index (χ3n) is 2.80. The van der Waals surface area contributed by atoms with Crippen molar-refractivity contribution in [3.8, 4) is 0 Å². The maximum atomic E-state index is 9.35. The van der Waals surface area contributed by atoms with Crippen LogP contribution in [0.15, 0.2) is 0 Å². The number of hydrogen-bond acceptors (Lipinski definition) is 3. The molecule has 3 nitrogen and oxygen atoms in total. The summed E-state index contributed by atoms with van der Waals surface area (Å²) in [7, 11) is 1.68. The molecule has 0 radical (unpaired) electrons. The van der Waals surface area contributed by atoms with E-state index in [4.69, 9.17) is 9.47 Å². The van der Waals surface area contributed by atoms with Crippen molar-refractivity contribution in [3.05, 3.63) is 0 Å². The molecule has 0 atom stereocenters. The van der Waals surface area contributed by atoms with Crippen molar-refractivity contribution in [2.75, 3.05) is 26.9 Å². The number of rotatable bonds is 4. The largest absolute Gasteiger partial charge is 0.390 e. The Morgan fingerprint density at radius 3 is 1.44 bits per heavy atom. The van der Waals surface area contributed by atoms with E-state index in [1.165, 1.54) is 0 Å². The van der Waals surface area contributed by atoms with Gasteiger partial charge in [-0.15, -0.1) is 0 Å². The minimum Gasteiger partial charge on any atom is -0.390 e. The molecule has 0 fully saturated rings. The SMILES string of the molecule is CC(C)(C)C(C)(C)O.COCCOCC(C)(C)C. The van der Waals surface area contributed by atoms with Crippen molar-refractivity contribution >= 4 is 0 Å². The summed E-state index contributed by atoms with van der Waals surface area (Å²) in [5.74, 6) is 0. The molecule has 0 saturated heterocycles. The van der Waals surface area contributed by atoms with Crippen molar-refractivity contribution in [2.24, 2.45) is 10.8 Å². The molecular formula is C15H34O3. The number of hydrogen-bond donors (Lipinski definition) is 1. The highest BCUT2D eigenvalue weighted by molar-refractivity contribution is 4.80. The lowest BCUT2D eigenvalue weighted by atomic mass is 9.79. The quantitative estimate of drug-likeness (QED) is 0.788. The van der Waals surface area contributed by atoms with Gasteiger partial charge in [0.15, 0.2) is 0 Å². The van der Waals surface area contributed by atoms with Gasteiger partial charge in [0.2, 0.25) is 0 Å². The number of ether oxygens (including phenoxy) is 2. The van der Waals surface area contributed by atoms with Crippen LogP contribution in [-0.4, -0.2) is 37.6 Å². The highest BCUT2D eigenvalue weighted by Crippen LogP contribution is 2.28. The van der Waals surface area contributed by atoms with Crippen molar-refractivity contribution in [3.63, 3.8) is 0 Å².